The highest BCUT2D eigenvalue weighted by Gasteiger charge is 2.12. The van der Waals surface area contributed by atoms with E-state index in [2.05, 4.69) is 20.4 Å². The summed E-state index contributed by atoms with van der Waals surface area (Å²) in [6.45, 7) is 5.98. The topological polar surface area (TPSA) is 80.9 Å². The Morgan fingerprint density at radius 1 is 1.36 bits per heavy atom. The molecule has 0 aromatic carbocycles. The summed E-state index contributed by atoms with van der Waals surface area (Å²) in [7, 11) is 0. The second kappa shape index (κ2) is 7.68. The zero-order valence-electron chi connectivity index (χ0n) is 13.2. The largest absolute Gasteiger partial charge is 0.350 e. The molecule has 1 N–H and O–H groups in total. The van der Waals surface area contributed by atoms with E-state index >= 15 is 0 Å². The first-order valence-corrected chi connectivity index (χ1v) is 7.58. The van der Waals surface area contributed by atoms with Gasteiger partial charge in [-0.15, -0.1) is 0 Å². The molecule has 1 amide bonds. The van der Waals surface area contributed by atoms with E-state index in [1.165, 1.54) is 0 Å². The first kappa shape index (κ1) is 16.1. The van der Waals surface area contributed by atoms with E-state index in [0.29, 0.717) is 31.0 Å². The second-order valence-electron chi connectivity index (χ2n) is 5.63. The van der Waals surface area contributed by atoms with Crippen LogP contribution in [0.25, 0.3) is 0 Å². The zero-order valence-corrected chi connectivity index (χ0v) is 13.2. The van der Waals surface area contributed by atoms with Crippen LogP contribution in [-0.4, -0.2) is 21.0 Å². The van der Waals surface area contributed by atoms with Gasteiger partial charge in [0.05, 0.1) is 6.04 Å². The van der Waals surface area contributed by atoms with Gasteiger partial charge in [0.2, 0.25) is 11.8 Å². The first-order valence-electron chi connectivity index (χ1n) is 7.58. The van der Waals surface area contributed by atoms with Gasteiger partial charge < -0.3 is 9.84 Å². The van der Waals surface area contributed by atoms with Crippen LogP contribution >= 0.6 is 0 Å². The molecule has 22 heavy (non-hydrogen) atoms. The van der Waals surface area contributed by atoms with Gasteiger partial charge in [0.25, 0.3) is 0 Å². The summed E-state index contributed by atoms with van der Waals surface area (Å²) >= 11 is 0. The van der Waals surface area contributed by atoms with Crippen molar-refractivity contribution in [1.82, 2.24) is 20.4 Å². The minimum atomic E-state index is -0.0443. The number of nitrogens with one attached hydrogen (secondary N) is 1. The van der Waals surface area contributed by atoms with Gasteiger partial charge in [-0.05, 0) is 25.0 Å². The molecule has 0 bridgehead atoms. The molecule has 0 fully saturated rings. The lowest BCUT2D eigenvalue weighted by Crippen LogP contribution is -2.26. The third-order valence-corrected chi connectivity index (χ3v) is 3.36. The Bertz CT molecular complexity index is 595. The van der Waals surface area contributed by atoms with Crippen LogP contribution in [0.1, 0.15) is 62.9 Å². The molecule has 2 aromatic rings. The van der Waals surface area contributed by atoms with Gasteiger partial charge in [0.15, 0.2) is 5.82 Å². The van der Waals surface area contributed by atoms with E-state index in [9.17, 15) is 4.79 Å². The van der Waals surface area contributed by atoms with Gasteiger partial charge in [-0.1, -0.05) is 25.1 Å². The van der Waals surface area contributed by atoms with Crippen LogP contribution in [0.15, 0.2) is 29.0 Å². The highest BCUT2D eigenvalue weighted by molar-refractivity contribution is 5.76. The van der Waals surface area contributed by atoms with Gasteiger partial charge in [-0.3, -0.25) is 9.78 Å². The van der Waals surface area contributed by atoms with Crippen LogP contribution in [0.4, 0.5) is 0 Å². The molecule has 0 aliphatic heterocycles. The fraction of sp³-hybridized carbons (Fsp3) is 0.500. The molecule has 2 heterocycles. The lowest BCUT2D eigenvalue weighted by Gasteiger charge is -2.13. The monoisotopic (exact) mass is 302 g/mol. The molecular weight excluding hydrogens is 280 g/mol. The van der Waals surface area contributed by atoms with Crippen molar-refractivity contribution < 1.29 is 9.32 Å². The normalized spacial score (nSPS) is 12.4. The number of hydrogen-bond donors (Lipinski definition) is 1. The Balaban J connectivity index is 1.73. The van der Waals surface area contributed by atoms with Crippen molar-refractivity contribution >= 4 is 5.91 Å². The molecule has 0 unspecified atom stereocenters. The Labute approximate surface area is 130 Å². The molecule has 2 rings (SSSR count). The van der Waals surface area contributed by atoms with Gasteiger partial charge in [0.1, 0.15) is 0 Å². The van der Waals surface area contributed by atoms with Crippen molar-refractivity contribution in [2.45, 2.75) is 52.0 Å². The van der Waals surface area contributed by atoms with Crippen molar-refractivity contribution in [2.75, 3.05) is 0 Å². The number of hydrogen-bond acceptors (Lipinski definition) is 5. The number of carbonyl (C=O) groups is 1. The highest BCUT2D eigenvalue weighted by atomic mass is 16.5. The van der Waals surface area contributed by atoms with Gasteiger partial charge in [0, 0.05) is 31.2 Å². The minimum absolute atomic E-state index is 0.0138. The average Bonchev–Trinajstić information content (AvgIpc) is 2.97. The van der Waals surface area contributed by atoms with Gasteiger partial charge >= 0.3 is 0 Å². The number of carbonyl (C=O) groups excluding carboxylic acids is 1. The van der Waals surface area contributed by atoms with Gasteiger partial charge in [-0.2, -0.15) is 4.98 Å². The maximum atomic E-state index is 11.9. The summed E-state index contributed by atoms with van der Waals surface area (Å²) in [5, 5.41) is 6.87. The van der Waals surface area contributed by atoms with Crippen molar-refractivity contribution in [2.24, 2.45) is 0 Å². The van der Waals surface area contributed by atoms with E-state index < -0.39 is 0 Å². The molecule has 0 saturated heterocycles. The lowest BCUT2D eigenvalue weighted by atomic mass is 10.1. The SMILES string of the molecule is CC(C)c1noc(CCCC(=O)N[C@@H](C)c2cccnc2)n1. The Kier molecular flexibility index (Phi) is 5.63. The van der Waals surface area contributed by atoms with Crippen molar-refractivity contribution in [1.29, 1.82) is 0 Å². The van der Waals surface area contributed by atoms with Crippen molar-refractivity contribution in [3.05, 3.63) is 41.8 Å². The third-order valence-electron chi connectivity index (χ3n) is 3.36. The highest BCUT2D eigenvalue weighted by Crippen LogP contribution is 2.12. The molecule has 0 radical (unpaired) electrons. The summed E-state index contributed by atoms with van der Waals surface area (Å²) in [5.74, 6) is 1.57. The molecule has 0 spiro atoms. The first-order chi connectivity index (χ1) is 10.6. The molecule has 0 saturated carbocycles. The molecular formula is C16H22N4O2. The number of nitrogens with zero attached hydrogens (tertiary/aromatic N) is 3. The minimum Gasteiger partial charge on any atom is -0.350 e. The Morgan fingerprint density at radius 3 is 2.82 bits per heavy atom. The van der Waals surface area contributed by atoms with E-state index in [4.69, 9.17) is 4.52 Å². The molecule has 0 aliphatic carbocycles. The summed E-state index contributed by atoms with van der Waals surface area (Å²) in [5.41, 5.74) is 0.995. The molecule has 1 atom stereocenters. The predicted molar refractivity (Wildman–Crippen MR) is 82.1 cm³/mol. The fourth-order valence-corrected chi connectivity index (χ4v) is 2.03. The summed E-state index contributed by atoms with van der Waals surface area (Å²) in [6.07, 6.45) is 5.22. The number of rotatable bonds is 7. The summed E-state index contributed by atoms with van der Waals surface area (Å²) in [4.78, 5) is 20.3. The van der Waals surface area contributed by atoms with E-state index in [0.717, 1.165) is 5.56 Å². The smallest absolute Gasteiger partial charge is 0.226 e. The number of pyridine rings is 1. The maximum absolute atomic E-state index is 11.9. The van der Waals surface area contributed by atoms with E-state index in [1.54, 1.807) is 12.4 Å². The quantitative estimate of drug-likeness (QED) is 0.850. The Hall–Kier alpha value is -2.24. The average molecular weight is 302 g/mol. The Morgan fingerprint density at radius 2 is 2.18 bits per heavy atom. The fourth-order valence-electron chi connectivity index (χ4n) is 2.03. The molecule has 0 aliphatic rings. The standard InChI is InChI=1S/C16H22N4O2/c1-11(2)16-19-15(22-20-16)8-4-7-14(21)18-12(3)13-6-5-9-17-10-13/h5-6,9-12H,4,7-8H2,1-3H3,(H,18,21)/t12-/m0/s1. The maximum Gasteiger partial charge on any atom is 0.226 e. The zero-order chi connectivity index (χ0) is 15.9. The van der Waals surface area contributed by atoms with Crippen LogP contribution in [0.2, 0.25) is 0 Å². The molecule has 6 heteroatoms. The van der Waals surface area contributed by atoms with E-state index in [-0.39, 0.29) is 17.9 Å². The van der Waals surface area contributed by atoms with E-state index in [1.807, 2.05) is 32.9 Å². The number of amides is 1. The van der Waals surface area contributed by atoms with Crippen molar-refractivity contribution in [3.63, 3.8) is 0 Å². The lowest BCUT2D eigenvalue weighted by molar-refractivity contribution is -0.121. The molecule has 6 nitrogen and oxygen atoms in total. The van der Waals surface area contributed by atoms with Crippen LogP contribution in [-0.2, 0) is 11.2 Å². The number of aryl methyl sites for hydroxylation is 1. The van der Waals surface area contributed by atoms with Crippen LogP contribution in [0.3, 0.4) is 0 Å². The second-order valence-corrected chi connectivity index (χ2v) is 5.63. The van der Waals surface area contributed by atoms with Crippen LogP contribution in [0.5, 0.6) is 0 Å². The molecule has 118 valence electrons. The number of aromatic nitrogens is 3. The summed E-state index contributed by atoms with van der Waals surface area (Å²) in [6, 6.07) is 3.76. The third kappa shape index (κ3) is 4.65. The van der Waals surface area contributed by atoms with Gasteiger partial charge in [-0.25, -0.2) is 0 Å². The van der Waals surface area contributed by atoms with Crippen molar-refractivity contribution in [3.8, 4) is 0 Å². The molecule has 2 aromatic heterocycles. The van der Waals surface area contributed by atoms with Crippen LogP contribution in [0, 0.1) is 0 Å². The summed E-state index contributed by atoms with van der Waals surface area (Å²) < 4.78 is 5.16. The van der Waals surface area contributed by atoms with Crippen LogP contribution < -0.4 is 5.32 Å². The predicted octanol–water partition coefficient (Wildman–Crippen LogP) is 2.79.